The van der Waals surface area contributed by atoms with Crippen LogP contribution in [0.2, 0.25) is 0 Å². The van der Waals surface area contributed by atoms with Gasteiger partial charge in [0.2, 0.25) is 0 Å². The lowest BCUT2D eigenvalue weighted by Crippen LogP contribution is -2.28. The Morgan fingerprint density at radius 1 is 1.05 bits per heavy atom. The highest BCUT2D eigenvalue weighted by molar-refractivity contribution is 7.92. The average Bonchev–Trinajstić information content (AvgIpc) is 2.47. The number of nitrogens with zero attached hydrogens (tertiary/aromatic N) is 1. The van der Waals surface area contributed by atoms with Crippen molar-refractivity contribution in [2.45, 2.75) is 18.4 Å². The van der Waals surface area contributed by atoms with Gasteiger partial charge in [-0.25, -0.2) is 8.42 Å². The van der Waals surface area contributed by atoms with Gasteiger partial charge in [0.05, 0.1) is 10.6 Å². The van der Waals surface area contributed by atoms with Gasteiger partial charge in [0, 0.05) is 13.6 Å². The molecule has 0 atom stereocenters. The van der Waals surface area contributed by atoms with Crippen molar-refractivity contribution in [3.8, 4) is 0 Å². The van der Waals surface area contributed by atoms with E-state index in [1.807, 2.05) is 25.1 Å². The lowest BCUT2D eigenvalue weighted by molar-refractivity contribution is 0.593. The number of rotatable bonds is 4. The molecule has 0 fully saturated rings. The molecule has 106 valence electrons. The quantitative estimate of drug-likeness (QED) is 0.939. The van der Waals surface area contributed by atoms with Gasteiger partial charge in [-0.1, -0.05) is 36.4 Å². The molecule has 0 unspecified atom stereocenters. The second kappa shape index (κ2) is 5.64. The van der Waals surface area contributed by atoms with E-state index >= 15 is 0 Å². The fraction of sp³-hybridized carbons (Fsp3) is 0.200. The van der Waals surface area contributed by atoms with E-state index in [9.17, 15) is 8.42 Å². The van der Waals surface area contributed by atoms with Crippen LogP contribution in [-0.2, 0) is 16.6 Å². The normalized spacial score (nSPS) is 11.3. The number of benzene rings is 2. The molecule has 0 bridgehead atoms. The van der Waals surface area contributed by atoms with E-state index in [1.54, 1.807) is 37.4 Å². The summed E-state index contributed by atoms with van der Waals surface area (Å²) in [7, 11) is -2.04. The Morgan fingerprint density at radius 2 is 1.65 bits per heavy atom. The van der Waals surface area contributed by atoms with Crippen molar-refractivity contribution < 1.29 is 8.42 Å². The zero-order chi connectivity index (χ0) is 14.8. The van der Waals surface area contributed by atoms with E-state index in [0.717, 1.165) is 5.56 Å². The molecular formula is C15H18N2O2S. The van der Waals surface area contributed by atoms with Crippen molar-refractivity contribution in [1.29, 1.82) is 0 Å². The summed E-state index contributed by atoms with van der Waals surface area (Å²) in [6.45, 7) is 2.08. The van der Waals surface area contributed by atoms with Crippen LogP contribution < -0.4 is 10.0 Å². The number of hydrogen-bond donors (Lipinski definition) is 1. The zero-order valence-corrected chi connectivity index (χ0v) is 12.4. The number of anilines is 1. The van der Waals surface area contributed by atoms with Crippen LogP contribution in [0.25, 0.3) is 0 Å². The molecule has 0 aliphatic rings. The van der Waals surface area contributed by atoms with E-state index < -0.39 is 10.0 Å². The van der Waals surface area contributed by atoms with Crippen LogP contribution >= 0.6 is 0 Å². The first-order chi connectivity index (χ1) is 9.48. The summed E-state index contributed by atoms with van der Waals surface area (Å²) in [6.07, 6.45) is 0. The van der Waals surface area contributed by atoms with Crippen LogP contribution in [0.15, 0.2) is 53.4 Å². The summed E-state index contributed by atoms with van der Waals surface area (Å²) in [4.78, 5) is 0.258. The first-order valence-corrected chi connectivity index (χ1v) is 7.75. The number of sulfonamides is 1. The Morgan fingerprint density at radius 3 is 2.30 bits per heavy atom. The van der Waals surface area contributed by atoms with Crippen molar-refractivity contribution in [1.82, 2.24) is 0 Å². The number of aryl methyl sites for hydroxylation is 1. The topological polar surface area (TPSA) is 63.4 Å². The Hall–Kier alpha value is -1.85. The van der Waals surface area contributed by atoms with Gasteiger partial charge in [0.25, 0.3) is 10.0 Å². The van der Waals surface area contributed by atoms with Crippen LogP contribution in [-0.4, -0.2) is 15.5 Å². The van der Waals surface area contributed by atoms with Crippen LogP contribution in [0, 0.1) is 6.92 Å². The summed E-state index contributed by atoms with van der Waals surface area (Å²) in [5, 5.41) is 0. The zero-order valence-electron chi connectivity index (χ0n) is 11.6. The maximum atomic E-state index is 12.7. The molecule has 2 aromatic carbocycles. The maximum absolute atomic E-state index is 12.7. The third-order valence-electron chi connectivity index (χ3n) is 3.29. The minimum Gasteiger partial charge on any atom is -0.326 e. The van der Waals surface area contributed by atoms with E-state index in [0.29, 0.717) is 11.3 Å². The smallest absolute Gasteiger partial charge is 0.264 e. The summed E-state index contributed by atoms with van der Waals surface area (Å²) in [5.74, 6) is 0. The van der Waals surface area contributed by atoms with Gasteiger partial charge in [-0.15, -0.1) is 0 Å². The molecule has 0 aliphatic carbocycles. The molecule has 2 rings (SSSR count). The first-order valence-electron chi connectivity index (χ1n) is 6.31. The van der Waals surface area contributed by atoms with Gasteiger partial charge in [0.1, 0.15) is 0 Å². The minimum atomic E-state index is -3.60. The minimum absolute atomic E-state index is 0.191. The lowest BCUT2D eigenvalue weighted by atomic mass is 10.2. The van der Waals surface area contributed by atoms with Crippen LogP contribution in [0.3, 0.4) is 0 Å². The Bertz CT molecular complexity index is 711. The second-order valence-electron chi connectivity index (χ2n) is 4.57. The van der Waals surface area contributed by atoms with E-state index in [4.69, 9.17) is 5.73 Å². The molecular weight excluding hydrogens is 272 g/mol. The predicted molar refractivity (Wildman–Crippen MR) is 81.1 cm³/mol. The maximum Gasteiger partial charge on any atom is 0.264 e. The molecule has 4 nitrogen and oxygen atoms in total. The third-order valence-corrected chi connectivity index (χ3v) is 5.16. The molecule has 0 spiro atoms. The van der Waals surface area contributed by atoms with Crippen LogP contribution in [0.5, 0.6) is 0 Å². The highest BCUT2D eigenvalue weighted by Gasteiger charge is 2.24. The molecule has 0 aliphatic heterocycles. The molecule has 0 amide bonds. The molecule has 0 aromatic heterocycles. The van der Waals surface area contributed by atoms with Crippen LogP contribution in [0.4, 0.5) is 5.69 Å². The van der Waals surface area contributed by atoms with Crippen LogP contribution in [0.1, 0.15) is 11.1 Å². The van der Waals surface area contributed by atoms with Crippen molar-refractivity contribution in [3.63, 3.8) is 0 Å². The largest absolute Gasteiger partial charge is 0.326 e. The van der Waals surface area contributed by atoms with Gasteiger partial charge >= 0.3 is 0 Å². The molecule has 0 saturated carbocycles. The van der Waals surface area contributed by atoms with Gasteiger partial charge in [-0.3, -0.25) is 4.31 Å². The Balaban J connectivity index is 2.53. The molecule has 0 heterocycles. The summed E-state index contributed by atoms with van der Waals surface area (Å²) in [5.41, 5.74) is 7.82. The SMILES string of the molecule is Cc1ccccc1N(C)S(=O)(=O)c1ccccc1CN. The van der Waals surface area contributed by atoms with E-state index in [-0.39, 0.29) is 11.4 Å². The van der Waals surface area contributed by atoms with Gasteiger partial charge < -0.3 is 5.73 Å². The molecule has 2 N–H and O–H groups in total. The highest BCUT2D eigenvalue weighted by atomic mass is 32.2. The Kier molecular flexibility index (Phi) is 4.11. The highest BCUT2D eigenvalue weighted by Crippen LogP contribution is 2.26. The van der Waals surface area contributed by atoms with E-state index in [1.165, 1.54) is 4.31 Å². The fourth-order valence-electron chi connectivity index (χ4n) is 2.12. The first kappa shape index (κ1) is 14.6. The standard InChI is InChI=1S/C15H18N2O2S/c1-12-7-3-5-9-14(12)17(2)20(18,19)15-10-6-4-8-13(15)11-16/h3-10H,11,16H2,1-2H3. The number of hydrogen-bond acceptors (Lipinski definition) is 3. The Labute approximate surface area is 119 Å². The molecule has 2 aromatic rings. The average molecular weight is 290 g/mol. The van der Waals surface area contributed by atoms with Gasteiger partial charge in [0.15, 0.2) is 0 Å². The van der Waals surface area contributed by atoms with Crippen molar-refractivity contribution in [2.24, 2.45) is 5.73 Å². The van der Waals surface area contributed by atoms with Gasteiger partial charge in [-0.05, 0) is 30.2 Å². The predicted octanol–water partition coefficient (Wildman–Crippen LogP) is 2.28. The molecule has 0 saturated heterocycles. The van der Waals surface area contributed by atoms with E-state index in [2.05, 4.69) is 0 Å². The van der Waals surface area contributed by atoms with Gasteiger partial charge in [-0.2, -0.15) is 0 Å². The van der Waals surface area contributed by atoms with Crippen molar-refractivity contribution in [3.05, 3.63) is 59.7 Å². The number of para-hydroxylation sites is 1. The summed E-state index contributed by atoms with van der Waals surface area (Å²) < 4.78 is 26.8. The fourth-order valence-corrected chi connectivity index (χ4v) is 3.61. The second-order valence-corrected chi connectivity index (χ2v) is 6.51. The molecule has 5 heteroatoms. The molecule has 0 radical (unpaired) electrons. The summed E-state index contributed by atoms with van der Waals surface area (Å²) >= 11 is 0. The lowest BCUT2D eigenvalue weighted by Gasteiger charge is -2.22. The summed E-state index contributed by atoms with van der Waals surface area (Å²) in [6, 6.07) is 14.2. The molecule has 20 heavy (non-hydrogen) atoms. The number of nitrogens with two attached hydrogens (primary N) is 1. The third kappa shape index (κ3) is 2.55. The monoisotopic (exact) mass is 290 g/mol. The van der Waals surface area contributed by atoms with Crippen molar-refractivity contribution >= 4 is 15.7 Å². The van der Waals surface area contributed by atoms with Crippen molar-refractivity contribution in [2.75, 3.05) is 11.4 Å².